The van der Waals surface area contributed by atoms with Crippen molar-refractivity contribution in [1.82, 2.24) is 5.32 Å². The third-order valence-electron chi connectivity index (χ3n) is 4.10. The Labute approximate surface area is 180 Å². The molecule has 2 aromatic rings. The van der Waals surface area contributed by atoms with Crippen LogP contribution in [0.4, 0.5) is 0 Å². The van der Waals surface area contributed by atoms with Crippen molar-refractivity contribution in [2.24, 2.45) is 5.41 Å². The van der Waals surface area contributed by atoms with Gasteiger partial charge in [0.15, 0.2) is 0 Å². The fraction of sp³-hybridized carbons (Fsp3) is 0.455. The van der Waals surface area contributed by atoms with Crippen LogP contribution in [0.25, 0.3) is 0 Å². The second-order valence-electron chi connectivity index (χ2n) is 8.61. The van der Waals surface area contributed by atoms with Gasteiger partial charge in [-0.25, -0.2) is 0 Å². The Balaban J connectivity index is 0.00000364. The molecule has 0 saturated carbocycles. The molecule has 27 heavy (non-hydrogen) atoms. The van der Waals surface area contributed by atoms with E-state index in [1.54, 1.807) is 6.07 Å². The van der Waals surface area contributed by atoms with Gasteiger partial charge in [0, 0.05) is 33.3 Å². The molecule has 150 valence electrons. The molecule has 5 heteroatoms. The van der Waals surface area contributed by atoms with E-state index in [1.807, 2.05) is 30.3 Å². The van der Waals surface area contributed by atoms with Crippen molar-refractivity contribution in [3.8, 4) is 5.75 Å². The SMILES string of the molecule is CC(C)(C)CC(C)(C)NCc1ccccc1OCc1ccc(Cl)cc1Cl.Cl. The summed E-state index contributed by atoms with van der Waals surface area (Å²) in [5, 5.41) is 4.92. The fourth-order valence-electron chi connectivity index (χ4n) is 3.31. The zero-order chi connectivity index (χ0) is 19.4. The average Bonchev–Trinajstić information content (AvgIpc) is 2.51. The Morgan fingerprint density at radius 3 is 2.22 bits per heavy atom. The Morgan fingerprint density at radius 2 is 1.59 bits per heavy atom. The molecular weight excluding hydrogens is 401 g/mol. The quantitative estimate of drug-likeness (QED) is 0.497. The molecule has 0 aliphatic rings. The standard InChI is InChI=1S/C22H29Cl2NO.ClH/c1-21(2,3)15-22(4,5)25-13-16-8-6-7-9-20(16)26-14-17-10-11-18(23)12-19(17)24;/h6-12,25H,13-15H2,1-5H3;1H. The number of ether oxygens (including phenoxy) is 1. The van der Waals surface area contributed by atoms with E-state index in [-0.39, 0.29) is 23.4 Å². The summed E-state index contributed by atoms with van der Waals surface area (Å²) in [6.45, 7) is 12.5. The molecule has 2 rings (SSSR count). The molecular formula is C22H30Cl3NO. The lowest BCUT2D eigenvalue weighted by Gasteiger charge is -2.33. The smallest absolute Gasteiger partial charge is 0.124 e. The number of halogens is 3. The van der Waals surface area contributed by atoms with Gasteiger partial charge >= 0.3 is 0 Å². The Hall–Kier alpha value is -0.930. The fourth-order valence-corrected chi connectivity index (χ4v) is 3.77. The summed E-state index contributed by atoms with van der Waals surface area (Å²) >= 11 is 12.2. The Morgan fingerprint density at radius 1 is 0.926 bits per heavy atom. The third kappa shape index (κ3) is 8.31. The summed E-state index contributed by atoms with van der Waals surface area (Å²) in [6.07, 6.45) is 1.09. The van der Waals surface area contributed by atoms with Gasteiger partial charge < -0.3 is 10.1 Å². The highest BCUT2D eigenvalue weighted by Crippen LogP contribution is 2.28. The van der Waals surface area contributed by atoms with Crippen LogP contribution in [0.15, 0.2) is 42.5 Å². The van der Waals surface area contributed by atoms with Gasteiger partial charge in [-0.2, -0.15) is 0 Å². The Bertz CT molecular complexity index is 739. The minimum absolute atomic E-state index is 0. The molecule has 0 unspecified atom stereocenters. The topological polar surface area (TPSA) is 21.3 Å². The predicted octanol–water partition coefficient (Wildman–Crippen LogP) is 7.30. The number of benzene rings is 2. The molecule has 0 radical (unpaired) electrons. The van der Waals surface area contributed by atoms with E-state index < -0.39 is 0 Å². The summed E-state index contributed by atoms with van der Waals surface area (Å²) in [5.41, 5.74) is 2.38. The lowest BCUT2D eigenvalue weighted by atomic mass is 9.82. The molecule has 0 bridgehead atoms. The first-order chi connectivity index (χ1) is 12.1. The predicted molar refractivity (Wildman–Crippen MR) is 119 cm³/mol. The number of rotatable bonds is 7. The van der Waals surface area contributed by atoms with Crippen molar-refractivity contribution in [3.63, 3.8) is 0 Å². The minimum atomic E-state index is 0. The van der Waals surface area contributed by atoms with Crippen molar-refractivity contribution in [1.29, 1.82) is 0 Å². The van der Waals surface area contributed by atoms with E-state index in [0.29, 0.717) is 16.7 Å². The first-order valence-corrected chi connectivity index (χ1v) is 9.71. The van der Waals surface area contributed by atoms with E-state index in [0.717, 1.165) is 29.8 Å². The molecule has 0 aromatic heterocycles. The number of nitrogens with one attached hydrogen (secondary N) is 1. The van der Waals surface area contributed by atoms with Gasteiger partial charge in [-0.1, -0.05) is 68.2 Å². The highest BCUT2D eigenvalue weighted by atomic mass is 35.5. The first-order valence-electron chi connectivity index (χ1n) is 8.95. The molecule has 0 aliphatic carbocycles. The van der Waals surface area contributed by atoms with Crippen molar-refractivity contribution >= 4 is 35.6 Å². The van der Waals surface area contributed by atoms with Crippen LogP contribution in [0, 0.1) is 5.41 Å². The summed E-state index contributed by atoms with van der Waals surface area (Å²) < 4.78 is 6.04. The maximum absolute atomic E-state index is 6.24. The maximum Gasteiger partial charge on any atom is 0.124 e. The number of para-hydroxylation sites is 1. The van der Waals surface area contributed by atoms with Gasteiger partial charge in [0.25, 0.3) is 0 Å². The van der Waals surface area contributed by atoms with Crippen LogP contribution < -0.4 is 10.1 Å². The zero-order valence-corrected chi connectivity index (χ0v) is 19.1. The molecule has 0 saturated heterocycles. The van der Waals surface area contributed by atoms with E-state index in [2.05, 4.69) is 46.0 Å². The summed E-state index contributed by atoms with van der Waals surface area (Å²) in [4.78, 5) is 0. The van der Waals surface area contributed by atoms with Gasteiger partial charge in [0.05, 0.1) is 0 Å². The zero-order valence-electron chi connectivity index (χ0n) is 16.7. The van der Waals surface area contributed by atoms with E-state index in [4.69, 9.17) is 27.9 Å². The van der Waals surface area contributed by atoms with Crippen molar-refractivity contribution < 1.29 is 4.74 Å². The van der Waals surface area contributed by atoms with E-state index in [9.17, 15) is 0 Å². The van der Waals surface area contributed by atoms with Gasteiger partial charge in [-0.3, -0.25) is 0 Å². The first kappa shape index (κ1) is 24.1. The molecule has 0 fully saturated rings. The lowest BCUT2D eigenvalue weighted by molar-refractivity contribution is 0.238. The van der Waals surface area contributed by atoms with Gasteiger partial charge in [0.2, 0.25) is 0 Å². The summed E-state index contributed by atoms with van der Waals surface area (Å²) in [5.74, 6) is 0.873. The second-order valence-corrected chi connectivity index (χ2v) is 9.45. The molecule has 2 nitrogen and oxygen atoms in total. The van der Waals surface area contributed by atoms with Crippen molar-refractivity contribution in [2.45, 2.75) is 59.7 Å². The minimum Gasteiger partial charge on any atom is -0.489 e. The summed E-state index contributed by atoms with van der Waals surface area (Å²) in [7, 11) is 0. The molecule has 0 amide bonds. The molecule has 0 heterocycles. The van der Waals surface area contributed by atoms with Crippen LogP contribution in [0.2, 0.25) is 10.0 Å². The second kappa shape index (κ2) is 10.0. The third-order valence-corrected chi connectivity index (χ3v) is 4.69. The van der Waals surface area contributed by atoms with Crippen molar-refractivity contribution in [3.05, 3.63) is 63.6 Å². The molecule has 0 atom stereocenters. The largest absolute Gasteiger partial charge is 0.489 e. The summed E-state index contributed by atoms with van der Waals surface area (Å²) in [6, 6.07) is 13.6. The van der Waals surface area contributed by atoms with Gasteiger partial charge in [-0.05, 0) is 43.9 Å². The highest BCUT2D eigenvalue weighted by molar-refractivity contribution is 6.35. The number of hydrogen-bond acceptors (Lipinski definition) is 2. The lowest BCUT2D eigenvalue weighted by Crippen LogP contribution is -2.41. The molecule has 0 aliphatic heterocycles. The molecule has 1 N–H and O–H groups in total. The van der Waals surface area contributed by atoms with Gasteiger partial charge in [-0.15, -0.1) is 12.4 Å². The van der Waals surface area contributed by atoms with Crippen LogP contribution >= 0.6 is 35.6 Å². The Kier molecular flexibility index (Phi) is 8.95. The van der Waals surface area contributed by atoms with E-state index >= 15 is 0 Å². The van der Waals surface area contributed by atoms with Crippen molar-refractivity contribution in [2.75, 3.05) is 0 Å². The van der Waals surface area contributed by atoms with Crippen LogP contribution in [-0.2, 0) is 13.2 Å². The van der Waals surface area contributed by atoms with E-state index in [1.165, 1.54) is 0 Å². The maximum atomic E-state index is 6.24. The normalized spacial score (nSPS) is 11.8. The van der Waals surface area contributed by atoms with Crippen LogP contribution in [-0.4, -0.2) is 5.54 Å². The highest BCUT2D eigenvalue weighted by Gasteiger charge is 2.25. The van der Waals surface area contributed by atoms with Crippen LogP contribution in [0.5, 0.6) is 5.75 Å². The van der Waals surface area contributed by atoms with Crippen LogP contribution in [0.1, 0.15) is 52.2 Å². The average molecular weight is 431 g/mol. The molecule has 2 aromatic carbocycles. The van der Waals surface area contributed by atoms with Gasteiger partial charge in [0.1, 0.15) is 12.4 Å². The number of hydrogen-bond donors (Lipinski definition) is 1. The van der Waals surface area contributed by atoms with Crippen LogP contribution in [0.3, 0.4) is 0 Å². The monoisotopic (exact) mass is 429 g/mol. The molecule has 0 spiro atoms.